The lowest BCUT2D eigenvalue weighted by molar-refractivity contribution is 0.178. The molecule has 0 spiro atoms. The molecule has 1 aromatic rings. The van der Waals surface area contributed by atoms with Crippen molar-refractivity contribution in [2.75, 3.05) is 13.1 Å². The lowest BCUT2D eigenvalue weighted by atomic mass is 9.99. The second-order valence-corrected chi connectivity index (χ2v) is 7.72. The maximum Gasteiger partial charge on any atom is 0.315 e. The molecule has 6 heteroatoms. The molecule has 0 bridgehead atoms. The predicted octanol–water partition coefficient (Wildman–Crippen LogP) is 3.39. The van der Waals surface area contributed by atoms with E-state index >= 15 is 0 Å². The van der Waals surface area contributed by atoms with Crippen LogP contribution < -0.4 is 10.6 Å². The number of thiophene rings is 1. The van der Waals surface area contributed by atoms with E-state index < -0.39 is 0 Å². The van der Waals surface area contributed by atoms with Crippen LogP contribution in [0, 0.1) is 0 Å². The first kappa shape index (κ1) is 15.1. The monoisotopic (exact) mass is 327 g/mol. The fraction of sp³-hybridized carbons (Fsp3) is 0.667. The number of amides is 2. The van der Waals surface area contributed by atoms with Crippen LogP contribution in [0.1, 0.15) is 43.5 Å². The minimum absolute atomic E-state index is 0.00800. The molecule has 2 amide bonds. The Hall–Kier alpha value is -0.780. The van der Waals surface area contributed by atoms with Crippen LogP contribution in [0.2, 0.25) is 4.34 Å². The van der Waals surface area contributed by atoms with E-state index in [1.54, 1.807) is 0 Å². The smallest absolute Gasteiger partial charge is 0.315 e. The molecule has 2 aliphatic rings. The molecule has 0 unspecified atom stereocenters. The molecule has 0 saturated carbocycles. The van der Waals surface area contributed by atoms with Gasteiger partial charge >= 0.3 is 6.03 Å². The third kappa shape index (κ3) is 3.52. The first-order chi connectivity index (χ1) is 10.1. The predicted molar refractivity (Wildman–Crippen MR) is 87.0 cm³/mol. The number of nitrogens with one attached hydrogen (secondary N) is 2. The van der Waals surface area contributed by atoms with E-state index in [1.807, 2.05) is 19.1 Å². The van der Waals surface area contributed by atoms with Gasteiger partial charge in [-0.15, -0.1) is 11.3 Å². The van der Waals surface area contributed by atoms with E-state index in [4.69, 9.17) is 11.6 Å². The summed E-state index contributed by atoms with van der Waals surface area (Å²) in [4.78, 5) is 15.8. The number of carbonyl (C=O) groups is 1. The Morgan fingerprint density at radius 1 is 1.38 bits per heavy atom. The van der Waals surface area contributed by atoms with Crippen molar-refractivity contribution < 1.29 is 4.79 Å². The first-order valence-electron chi connectivity index (χ1n) is 7.70. The molecular weight excluding hydrogens is 306 g/mol. The summed E-state index contributed by atoms with van der Waals surface area (Å²) >= 11 is 7.45. The van der Waals surface area contributed by atoms with Gasteiger partial charge in [-0.05, 0) is 44.9 Å². The van der Waals surface area contributed by atoms with E-state index in [2.05, 4.69) is 15.5 Å². The number of hydrogen-bond donors (Lipinski definition) is 2. The molecule has 2 saturated heterocycles. The van der Waals surface area contributed by atoms with Gasteiger partial charge in [0.2, 0.25) is 0 Å². The highest BCUT2D eigenvalue weighted by atomic mass is 35.5. The zero-order valence-electron chi connectivity index (χ0n) is 12.3. The van der Waals surface area contributed by atoms with E-state index in [9.17, 15) is 4.79 Å². The summed E-state index contributed by atoms with van der Waals surface area (Å²) in [5, 5.41) is 6.18. The zero-order valence-corrected chi connectivity index (χ0v) is 13.8. The van der Waals surface area contributed by atoms with Crippen LogP contribution >= 0.6 is 22.9 Å². The third-order valence-electron chi connectivity index (χ3n) is 4.54. The normalized spacial score (nSPS) is 27.1. The van der Waals surface area contributed by atoms with Crippen molar-refractivity contribution in [3.05, 3.63) is 21.3 Å². The number of nitrogens with zero attached hydrogens (tertiary/aromatic N) is 1. The van der Waals surface area contributed by atoms with Crippen molar-refractivity contribution in [3.8, 4) is 0 Å². The Kier molecular flexibility index (Phi) is 4.72. The molecule has 0 aromatic carbocycles. The number of urea groups is 1. The third-order valence-corrected chi connectivity index (χ3v) is 5.95. The van der Waals surface area contributed by atoms with Gasteiger partial charge in [0.25, 0.3) is 0 Å². The van der Waals surface area contributed by atoms with Crippen molar-refractivity contribution in [3.63, 3.8) is 0 Å². The van der Waals surface area contributed by atoms with Crippen LogP contribution in [0.25, 0.3) is 0 Å². The van der Waals surface area contributed by atoms with Crippen molar-refractivity contribution in [1.82, 2.24) is 15.5 Å². The van der Waals surface area contributed by atoms with Gasteiger partial charge in [-0.2, -0.15) is 0 Å². The van der Waals surface area contributed by atoms with Crippen LogP contribution in [-0.4, -0.2) is 36.1 Å². The number of hydrogen-bond acceptors (Lipinski definition) is 3. The molecule has 2 fully saturated rings. The minimum Gasteiger partial charge on any atom is -0.334 e. The molecule has 3 rings (SSSR count). The summed E-state index contributed by atoms with van der Waals surface area (Å²) in [6, 6.07) is 4.60. The summed E-state index contributed by atoms with van der Waals surface area (Å²) in [6.07, 6.45) is 4.86. The Morgan fingerprint density at radius 2 is 2.24 bits per heavy atom. The Bertz CT molecular complexity index is 507. The maximum atomic E-state index is 12.2. The van der Waals surface area contributed by atoms with Gasteiger partial charge < -0.3 is 10.6 Å². The highest BCUT2D eigenvalue weighted by molar-refractivity contribution is 7.16. The maximum absolute atomic E-state index is 12.2. The largest absolute Gasteiger partial charge is 0.334 e. The first-order valence-corrected chi connectivity index (χ1v) is 8.89. The van der Waals surface area contributed by atoms with E-state index in [1.165, 1.54) is 37.1 Å². The second-order valence-electron chi connectivity index (χ2n) is 5.98. The number of rotatable bonds is 3. The van der Waals surface area contributed by atoms with E-state index in [-0.39, 0.29) is 12.1 Å². The lowest BCUT2D eigenvalue weighted by Crippen LogP contribution is -2.49. The van der Waals surface area contributed by atoms with Crippen molar-refractivity contribution in [2.45, 2.75) is 50.7 Å². The standard InChI is InChI=1S/C15H22ClN3OS/c1-10(13-5-6-14(16)21-13)17-15(20)18-11-7-9-19-8-3-2-4-12(11)19/h5-6,10-12H,2-4,7-9H2,1H3,(H2,17,18,20)/t10-,11+,12+/m0/s1. The van der Waals surface area contributed by atoms with Crippen molar-refractivity contribution in [2.24, 2.45) is 0 Å². The van der Waals surface area contributed by atoms with Crippen molar-refractivity contribution >= 4 is 29.0 Å². The molecular formula is C15H22ClN3OS. The fourth-order valence-electron chi connectivity index (χ4n) is 3.45. The highest BCUT2D eigenvalue weighted by Crippen LogP contribution is 2.28. The van der Waals surface area contributed by atoms with Gasteiger partial charge in [0.05, 0.1) is 10.4 Å². The quantitative estimate of drug-likeness (QED) is 0.893. The molecule has 116 valence electrons. The number of halogens is 1. The fourth-order valence-corrected chi connectivity index (χ4v) is 4.52. The number of carbonyl (C=O) groups excluding carboxylic acids is 1. The second kappa shape index (κ2) is 6.55. The minimum atomic E-state index is -0.0653. The average molecular weight is 328 g/mol. The summed E-state index contributed by atoms with van der Waals surface area (Å²) in [5.41, 5.74) is 0. The molecule has 4 nitrogen and oxygen atoms in total. The van der Waals surface area contributed by atoms with Crippen LogP contribution in [0.5, 0.6) is 0 Å². The molecule has 0 aliphatic carbocycles. The molecule has 2 aliphatic heterocycles. The molecule has 2 N–H and O–H groups in total. The Labute approximate surface area is 134 Å². The molecule has 3 atom stereocenters. The topological polar surface area (TPSA) is 44.4 Å². The van der Waals surface area contributed by atoms with Gasteiger partial charge in [-0.1, -0.05) is 18.0 Å². The number of piperidine rings is 1. The molecule has 3 heterocycles. The molecule has 0 radical (unpaired) electrons. The van der Waals surface area contributed by atoms with Crippen LogP contribution in [0.3, 0.4) is 0 Å². The average Bonchev–Trinajstić information content (AvgIpc) is 3.06. The van der Waals surface area contributed by atoms with Gasteiger partial charge in [-0.3, -0.25) is 4.90 Å². The summed E-state index contributed by atoms with van der Waals surface area (Å²) in [6.45, 7) is 4.30. The highest BCUT2D eigenvalue weighted by Gasteiger charge is 2.36. The Morgan fingerprint density at radius 3 is 3.00 bits per heavy atom. The SMILES string of the molecule is C[C@H](NC(=O)N[C@@H]1CCN2CCCC[C@H]12)c1ccc(Cl)s1. The van der Waals surface area contributed by atoms with E-state index in [0.29, 0.717) is 12.1 Å². The molecule has 21 heavy (non-hydrogen) atoms. The van der Waals surface area contributed by atoms with Gasteiger partial charge in [0, 0.05) is 23.5 Å². The van der Waals surface area contributed by atoms with Crippen LogP contribution in [-0.2, 0) is 0 Å². The van der Waals surface area contributed by atoms with Gasteiger partial charge in [0.1, 0.15) is 0 Å². The van der Waals surface area contributed by atoms with Crippen LogP contribution in [0.15, 0.2) is 12.1 Å². The van der Waals surface area contributed by atoms with E-state index in [0.717, 1.165) is 22.2 Å². The summed E-state index contributed by atoms with van der Waals surface area (Å²) in [5.74, 6) is 0. The summed E-state index contributed by atoms with van der Waals surface area (Å²) in [7, 11) is 0. The van der Waals surface area contributed by atoms with Crippen molar-refractivity contribution in [1.29, 1.82) is 0 Å². The Balaban J connectivity index is 1.52. The zero-order chi connectivity index (χ0) is 14.8. The van der Waals surface area contributed by atoms with Crippen LogP contribution in [0.4, 0.5) is 4.79 Å². The summed E-state index contributed by atoms with van der Waals surface area (Å²) < 4.78 is 0.757. The number of fused-ring (bicyclic) bond motifs is 1. The lowest BCUT2D eigenvalue weighted by Gasteiger charge is -2.32. The van der Waals surface area contributed by atoms with Gasteiger partial charge in [-0.25, -0.2) is 4.79 Å². The van der Waals surface area contributed by atoms with Gasteiger partial charge in [0.15, 0.2) is 0 Å². The molecule has 1 aromatic heterocycles.